The van der Waals surface area contributed by atoms with Gasteiger partial charge in [0.05, 0.1) is 5.52 Å². The predicted molar refractivity (Wildman–Crippen MR) is 89.4 cm³/mol. The smallest absolute Gasteiger partial charge is 0.0743 e. The van der Waals surface area contributed by atoms with Gasteiger partial charge in [-0.3, -0.25) is 4.98 Å². The quantitative estimate of drug-likeness (QED) is 0.741. The molecule has 0 amide bonds. The molecule has 0 bridgehead atoms. The van der Waals surface area contributed by atoms with Crippen LogP contribution < -0.4 is 10.6 Å². The minimum atomic E-state index is 0.744. The summed E-state index contributed by atoms with van der Waals surface area (Å²) in [6, 6.07) is 16.5. The normalized spacial score (nSPS) is 10.8. The zero-order valence-corrected chi connectivity index (χ0v) is 12.4. The van der Waals surface area contributed by atoms with Crippen molar-refractivity contribution >= 4 is 22.3 Å². The van der Waals surface area contributed by atoms with Crippen LogP contribution in [0.15, 0.2) is 54.7 Å². The number of anilines is 2. The number of aromatic nitrogens is 1. The van der Waals surface area contributed by atoms with E-state index in [4.69, 9.17) is 5.73 Å². The van der Waals surface area contributed by atoms with E-state index >= 15 is 0 Å². The summed E-state index contributed by atoms with van der Waals surface area (Å²) in [6.07, 6.45) is 1.84. The van der Waals surface area contributed by atoms with Crippen LogP contribution in [0.3, 0.4) is 0 Å². The van der Waals surface area contributed by atoms with Crippen molar-refractivity contribution in [2.24, 2.45) is 0 Å². The summed E-state index contributed by atoms with van der Waals surface area (Å²) in [6.45, 7) is 2.99. The van der Waals surface area contributed by atoms with Crippen LogP contribution in [0.4, 0.5) is 11.4 Å². The third-order valence-electron chi connectivity index (χ3n) is 3.66. The van der Waals surface area contributed by atoms with E-state index in [2.05, 4.69) is 48.1 Å². The van der Waals surface area contributed by atoms with Crippen LogP contribution in [0.2, 0.25) is 0 Å². The van der Waals surface area contributed by atoms with Crippen molar-refractivity contribution in [2.45, 2.75) is 13.5 Å². The fourth-order valence-corrected chi connectivity index (χ4v) is 2.65. The molecule has 3 heteroatoms. The van der Waals surface area contributed by atoms with Crippen LogP contribution in [0, 0.1) is 6.92 Å². The van der Waals surface area contributed by atoms with Crippen molar-refractivity contribution in [3.05, 3.63) is 65.9 Å². The Balaban J connectivity index is 1.96. The second-order valence-corrected chi connectivity index (χ2v) is 5.45. The molecule has 0 saturated carbocycles. The summed E-state index contributed by atoms with van der Waals surface area (Å²) < 4.78 is 0. The lowest BCUT2D eigenvalue weighted by Crippen LogP contribution is -2.16. The number of nitrogens with two attached hydrogens (primary N) is 1. The predicted octanol–water partition coefficient (Wildman–Crippen LogP) is 3.76. The number of pyridine rings is 1. The Hall–Kier alpha value is -2.55. The topological polar surface area (TPSA) is 42.2 Å². The van der Waals surface area contributed by atoms with Crippen LogP contribution in [-0.4, -0.2) is 12.0 Å². The molecular weight excluding hydrogens is 258 g/mol. The van der Waals surface area contributed by atoms with E-state index < -0.39 is 0 Å². The summed E-state index contributed by atoms with van der Waals surface area (Å²) in [4.78, 5) is 6.64. The first-order valence-electron chi connectivity index (χ1n) is 7.04. The Labute approximate surface area is 125 Å². The fourth-order valence-electron chi connectivity index (χ4n) is 2.65. The first-order valence-corrected chi connectivity index (χ1v) is 7.04. The number of nitrogen functional groups attached to an aromatic ring is 1. The summed E-state index contributed by atoms with van der Waals surface area (Å²) in [7, 11) is 2.10. The van der Waals surface area contributed by atoms with E-state index in [1.807, 2.05) is 30.5 Å². The minimum absolute atomic E-state index is 0.744. The lowest BCUT2D eigenvalue weighted by atomic mass is 10.1. The van der Waals surface area contributed by atoms with E-state index in [1.54, 1.807) is 0 Å². The van der Waals surface area contributed by atoms with E-state index in [1.165, 1.54) is 16.8 Å². The van der Waals surface area contributed by atoms with Gasteiger partial charge in [-0.25, -0.2) is 0 Å². The van der Waals surface area contributed by atoms with Gasteiger partial charge < -0.3 is 10.6 Å². The molecule has 3 nitrogen and oxygen atoms in total. The maximum absolute atomic E-state index is 5.84. The van der Waals surface area contributed by atoms with E-state index in [0.717, 1.165) is 23.1 Å². The van der Waals surface area contributed by atoms with Gasteiger partial charge in [-0.05, 0) is 36.8 Å². The molecule has 0 unspecified atom stereocenters. The molecule has 21 heavy (non-hydrogen) atoms. The van der Waals surface area contributed by atoms with Gasteiger partial charge in [0.15, 0.2) is 0 Å². The number of hydrogen-bond donors (Lipinski definition) is 1. The van der Waals surface area contributed by atoms with Crippen LogP contribution in [-0.2, 0) is 6.54 Å². The second-order valence-electron chi connectivity index (χ2n) is 5.45. The molecule has 0 aliphatic rings. The number of benzene rings is 2. The fraction of sp³-hybridized carbons (Fsp3) is 0.167. The van der Waals surface area contributed by atoms with Gasteiger partial charge in [0, 0.05) is 36.6 Å². The van der Waals surface area contributed by atoms with Gasteiger partial charge in [-0.15, -0.1) is 0 Å². The minimum Gasteiger partial charge on any atom is -0.399 e. The third kappa shape index (κ3) is 2.82. The Morgan fingerprint density at radius 2 is 1.95 bits per heavy atom. The zero-order valence-electron chi connectivity index (χ0n) is 12.4. The lowest BCUT2D eigenvalue weighted by Gasteiger charge is -2.21. The second kappa shape index (κ2) is 5.44. The molecular formula is C18H19N3. The zero-order chi connectivity index (χ0) is 14.8. The van der Waals surface area contributed by atoms with Crippen LogP contribution in [0.1, 0.15) is 11.1 Å². The largest absolute Gasteiger partial charge is 0.399 e. The molecule has 106 valence electrons. The monoisotopic (exact) mass is 277 g/mol. The lowest BCUT2D eigenvalue weighted by molar-refractivity contribution is 0.925. The number of fused-ring (bicyclic) bond motifs is 1. The maximum Gasteiger partial charge on any atom is 0.0743 e. The summed E-state index contributed by atoms with van der Waals surface area (Å²) >= 11 is 0. The van der Waals surface area contributed by atoms with Gasteiger partial charge in [0.25, 0.3) is 0 Å². The average Bonchev–Trinajstić information content (AvgIpc) is 2.46. The van der Waals surface area contributed by atoms with Crippen LogP contribution in [0.25, 0.3) is 10.9 Å². The van der Waals surface area contributed by atoms with Crippen LogP contribution >= 0.6 is 0 Å². The first-order chi connectivity index (χ1) is 10.1. The molecule has 0 radical (unpaired) electrons. The summed E-state index contributed by atoms with van der Waals surface area (Å²) in [5.74, 6) is 0. The molecule has 0 atom stereocenters. The molecule has 2 aromatic carbocycles. The standard InChI is InChI=1S/C18H19N3/c1-13-4-3-5-14(10-13)12-21(2)18-8-9-20-17-11-15(19)6-7-16(17)18/h3-11H,12,19H2,1-2H3. The average molecular weight is 277 g/mol. The maximum atomic E-state index is 5.84. The summed E-state index contributed by atoms with van der Waals surface area (Å²) in [5, 5.41) is 1.13. The number of rotatable bonds is 3. The third-order valence-corrected chi connectivity index (χ3v) is 3.66. The SMILES string of the molecule is Cc1cccc(CN(C)c2ccnc3cc(N)ccc23)c1. The molecule has 0 saturated heterocycles. The van der Waals surface area contributed by atoms with Crippen molar-refractivity contribution in [3.8, 4) is 0 Å². The van der Waals surface area contributed by atoms with E-state index in [0.29, 0.717) is 0 Å². The Kier molecular flexibility index (Phi) is 3.48. The molecule has 0 fully saturated rings. The van der Waals surface area contributed by atoms with Crippen molar-refractivity contribution in [1.29, 1.82) is 0 Å². The van der Waals surface area contributed by atoms with Gasteiger partial charge in [0.2, 0.25) is 0 Å². The molecule has 3 aromatic rings. The number of hydrogen-bond acceptors (Lipinski definition) is 3. The van der Waals surface area contributed by atoms with Gasteiger partial charge in [0.1, 0.15) is 0 Å². The Morgan fingerprint density at radius 3 is 2.76 bits per heavy atom. The highest BCUT2D eigenvalue weighted by molar-refractivity contribution is 5.93. The molecule has 1 heterocycles. The summed E-state index contributed by atoms with van der Waals surface area (Å²) in [5.41, 5.74) is 11.3. The van der Waals surface area contributed by atoms with E-state index in [9.17, 15) is 0 Å². The molecule has 2 N–H and O–H groups in total. The van der Waals surface area contributed by atoms with Crippen molar-refractivity contribution in [1.82, 2.24) is 4.98 Å². The van der Waals surface area contributed by atoms with Gasteiger partial charge in [-0.2, -0.15) is 0 Å². The first kappa shape index (κ1) is 13.4. The van der Waals surface area contributed by atoms with E-state index in [-0.39, 0.29) is 0 Å². The number of nitrogens with zero attached hydrogens (tertiary/aromatic N) is 2. The van der Waals surface area contributed by atoms with Crippen LogP contribution in [0.5, 0.6) is 0 Å². The van der Waals surface area contributed by atoms with Crippen molar-refractivity contribution in [2.75, 3.05) is 17.7 Å². The Morgan fingerprint density at radius 1 is 1.10 bits per heavy atom. The van der Waals surface area contributed by atoms with Crippen molar-refractivity contribution in [3.63, 3.8) is 0 Å². The van der Waals surface area contributed by atoms with Gasteiger partial charge >= 0.3 is 0 Å². The molecule has 1 aromatic heterocycles. The molecule has 0 aliphatic carbocycles. The highest BCUT2D eigenvalue weighted by Gasteiger charge is 2.08. The highest BCUT2D eigenvalue weighted by atomic mass is 15.1. The molecule has 3 rings (SSSR count). The molecule has 0 aliphatic heterocycles. The van der Waals surface area contributed by atoms with Gasteiger partial charge in [-0.1, -0.05) is 29.8 Å². The number of aryl methyl sites for hydroxylation is 1. The highest BCUT2D eigenvalue weighted by Crippen LogP contribution is 2.27. The Bertz CT molecular complexity index is 780. The van der Waals surface area contributed by atoms with Crippen molar-refractivity contribution < 1.29 is 0 Å². The molecule has 0 spiro atoms.